The Morgan fingerprint density at radius 2 is 1.71 bits per heavy atom. The number of methoxy groups -OCH3 is 4. The van der Waals surface area contributed by atoms with Crippen molar-refractivity contribution < 1.29 is 43.1 Å². The van der Waals surface area contributed by atoms with E-state index in [2.05, 4.69) is 30.7 Å². The molecule has 0 radical (unpaired) electrons. The topological polar surface area (TPSA) is 102 Å². The standard InChI is InChI=1S/C39H58O9/c1-9-30(26-47-28-46-21-20-42-5)22-29(2)36(48-27-32-16-18-34(43-6)19-17-32)24-35(44-7)25-37(40)39(3,4)33-14-10-12-31(23-33)13-11-15-38(41)45-8/h10-12,14-19,22-23,30,35-37,40H,9,13,20-21,24-28H2,1-8H3/b15-11+,29-22-/t30-,35-,36+,37+/m1/s1. The maximum Gasteiger partial charge on any atom is 0.330 e. The van der Waals surface area contributed by atoms with Gasteiger partial charge in [-0.25, -0.2) is 4.79 Å². The van der Waals surface area contributed by atoms with Gasteiger partial charge in [-0.1, -0.05) is 69.3 Å². The highest BCUT2D eigenvalue weighted by Gasteiger charge is 2.33. The predicted molar refractivity (Wildman–Crippen MR) is 188 cm³/mol. The van der Waals surface area contributed by atoms with Crippen LogP contribution in [-0.2, 0) is 51.7 Å². The lowest BCUT2D eigenvalue weighted by atomic mass is 9.76. The Morgan fingerprint density at radius 3 is 2.35 bits per heavy atom. The monoisotopic (exact) mass is 670 g/mol. The number of ether oxygens (including phenoxy) is 7. The first-order chi connectivity index (χ1) is 23.1. The first-order valence-electron chi connectivity index (χ1n) is 16.7. The Balaban J connectivity index is 2.18. The SMILES string of the molecule is CC[C@H](/C=C(/C)[C@H](C[C@H](C[C@H](O)C(C)(C)c1cccc(C/C=C/C(=O)OC)c1)OC)OCc1ccc(OC)cc1)COCOCCOC. The van der Waals surface area contributed by atoms with E-state index in [0.717, 1.165) is 34.4 Å². The minimum atomic E-state index is -0.690. The molecule has 1 N–H and O–H groups in total. The molecule has 0 fully saturated rings. The van der Waals surface area contributed by atoms with Crippen molar-refractivity contribution in [3.05, 3.63) is 89.0 Å². The van der Waals surface area contributed by atoms with E-state index in [1.165, 1.54) is 13.2 Å². The maximum absolute atomic E-state index is 11.6. The number of hydrogen-bond donors (Lipinski definition) is 1. The normalized spacial score (nSPS) is 14.9. The van der Waals surface area contributed by atoms with Gasteiger partial charge in [0.25, 0.3) is 0 Å². The van der Waals surface area contributed by atoms with E-state index in [-0.39, 0.29) is 30.9 Å². The van der Waals surface area contributed by atoms with Crippen molar-refractivity contribution in [2.75, 3.05) is 55.1 Å². The summed E-state index contributed by atoms with van der Waals surface area (Å²) in [6.07, 6.45) is 6.70. The quantitative estimate of drug-likeness (QED) is 0.0436. The fourth-order valence-corrected chi connectivity index (χ4v) is 5.25. The zero-order chi connectivity index (χ0) is 35.4. The highest BCUT2D eigenvalue weighted by atomic mass is 16.7. The van der Waals surface area contributed by atoms with Crippen LogP contribution in [0.2, 0.25) is 0 Å². The van der Waals surface area contributed by atoms with Crippen LogP contribution >= 0.6 is 0 Å². The van der Waals surface area contributed by atoms with Crippen LogP contribution in [0.15, 0.2) is 72.3 Å². The molecule has 9 heteroatoms. The third kappa shape index (κ3) is 14.6. The second-order valence-corrected chi connectivity index (χ2v) is 12.5. The van der Waals surface area contributed by atoms with Crippen molar-refractivity contribution in [2.24, 2.45) is 5.92 Å². The van der Waals surface area contributed by atoms with Crippen LogP contribution in [-0.4, -0.2) is 84.4 Å². The molecule has 0 saturated heterocycles. The summed E-state index contributed by atoms with van der Waals surface area (Å²) >= 11 is 0. The highest BCUT2D eigenvalue weighted by molar-refractivity contribution is 5.81. The number of benzene rings is 2. The number of aliphatic hydroxyl groups is 1. The van der Waals surface area contributed by atoms with E-state index in [1.54, 1.807) is 27.4 Å². The van der Waals surface area contributed by atoms with Crippen molar-refractivity contribution in [2.45, 2.75) is 83.7 Å². The van der Waals surface area contributed by atoms with E-state index in [4.69, 9.17) is 28.4 Å². The van der Waals surface area contributed by atoms with Gasteiger partial charge in [0, 0.05) is 44.5 Å². The Labute approximate surface area is 288 Å². The van der Waals surface area contributed by atoms with E-state index in [1.807, 2.05) is 56.3 Å². The molecular formula is C39H58O9. The molecule has 0 unspecified atom stereocenters. The molecule has 2 aromatic carbocycles. The van der Waals surface area contributed by atoms with Gasteiger partial charge in [-0.3, -0.25) is 0 Å². The molecule has 2 rings (SSSR count). The van der Waals surface area contributed by atoms with Crippen molar-refractivity contribution in [1.29, 1.82) is 0 Å². The number of aliphatic hydroxyl groups excluding tert-OH is 1. The lowest BCUT2D eigenvalue weighted by Gasteiger charge is -2.34. The lowest BCUT2D eigenvalue weighted by Crippen LogP contribution is -2.38. The minimum absolute atomic E-state index is 0.184. The van der Waals surface area contributed by atoms with Gasteiger partial charge < -0.3 is 38.3 Å². The maximum atomic E-state index is 11.6. The van der Waals surface area contributed by atoms with E-state index >= 15 is 0 Å². The zero-order valence-electron chi connectivity index (χ0n) is 30.2. The highest BCUT2D eigenvalue weighted by Crippen LogP contribution is 2.32. The van der Waals surface area contributed by atoms with Crippen LogP contribution in [0.25, 0.3) is 0 Å². The lowest BCUT2D eigenvalue weighted by molar-refractivity contribution is -0.134. The summed E-state index contributed by atoms with van der Waals surface area (Å²) in [7, 11) is 6.34. The molecule has 0 saturated carbocycles. The van der Waals surface area contributed by atoms with E-state index in [0.29, 0.717) is 45.7 Å². The van der Waals surface area contributed by atoms with Crippen LogP contribution in [0.5, 0.6) is 5.75 Å². The van der Waals surface area contributed by atoms with Crippen LogP contribution in [0, 0.1) is 5.92 Å². The first-order valence-corrected chi connectivity index (χ1v) is 16.7. The Morgan fingerprint density at radius 1 is 0.958 bits per heavy atom. The Kier molecular flexibility index (Phi) is 19.3. The number of carbonyl (C=O) groups is 1. The van der Waals surface area contributed by atoms with Crippen LogP contribution in [0.4, 0.5) is 0 Å². The van der Waals surface area contributed by atoms with E-state index in [9.17, 15) is 9.90 Å². The van der Waals surface area contributed by atoms with E-state index < -0.39 is 11.5 Å². The van der Waals surface area contributed by atoms with Crippen LogP contribution in [0.1, 0.15) is 63.6 Å². The number of hydrogen-bond acceptors (Lipinski definition) is 9. The molecule has 4 atom stereocenters. The smallest absolute Gasteiger partial charge is 0.330 e. The Hall–Kier alpha value is -3.05. The molecule has 0 aliphatic heterocycles. The molecule has 268 valence electrons. The second-order valence-electron chi connectivity index (χ2n) is 12.5. The molecule has 0 amide bonds. The molecule has 48 heavy (non-hydrogen) atoms. The largest absolute Gasteiger partial charge is 0.497 e. The second kappa shape index (κ2) is 22.6. The Bertz CT molecular complexity index is 1240. The van der Waals surface area contributed by atoms with Crippen LogP contribution in [0.3, 0.4) is 0 Å². The first kappa shape index (κ1) is 41.1. The van der Waals surface area contributed by atoms with Gasteiger partial charge >= 0.3 is 5.97 Å². The number of carbonyl (C=O) groups excluding carboxylic acids is 1. The third-order valence-corrected chi connectivity index (χ3v) is 8.68. The molecule has 2 aromatic rings. The molecule has 0 aliphatic carbocycles. The summed E-state index contributed by atoms with van der Waals surface area (Å²) in [5.41, 5.74) is 3.62. The molecule has 0 heterocycles. The fourth-order valence-electron chi connectivity index (χ4n) is 5.25. The van der Waals surface area contributed by atoms with Crippen molar-refractivity contribution >= 4 is 5.97 Å². The number of allylic oxidation sites excluding steroid dienone is 1. The molecule has 9 nitrogen and oxygen atoms in total. The van der Waals surface area contributed by atoms with Gasteiger partial charge in [-0.15, -0.1) is 0 Å². The minimum Gasteiger partial charge on any atom is -0.497 e. The molecule has 0 aromatic heterocycles. The van der Waals surface area contributed by atoms with Crippen LogP contribution < -0.4 is 4.74 Å². The predicted octanol–water partition coefficient (Wildman–Crippen LogP) is 6.60. The van der Waals surface area contributed by atoms with Gasteiger partial charge in [0.1, 0.15) is 12.5 Å². The molecular weight excluding hydrogens is 612 g/mol. The zero-order valence-corrected chi connectivity index (χ0v) is 30.2. The summed E-state index contributed by atoms with van der Waals surface area (Å²) in [5, 5.41) is 11.6. The van der Waals surface area contributed by atoms with Crippen molar-refractivity contribution in [3.63, 3.8) is 0 Å². The summed E-state index contributed by atoms with van der Waals surface area (Å²) in [6.45, 7) is 10.5. The van der Waals surface area contributed by atoms with Gasteiger partial charge in [-0.2, -0.15) is 0 Å². The van der Waals surface area contributed by atoms with Crippen molar-refractivity contribution in [3.8, 4) is 5.75 Å². The summed E-state index contributed by atoms with van der Waals surface area (Å²) in [6, 6.07) is 16.0. The third-order valence-electron chi connectivity index (χ3n) is 8.68. The van der Waals surface area contributed by atoms with Gasteiger partial charge in [0.15, 0.2) is 0 Å². The van der Waals surface area contributed by atoms with Crippen molar-refractivity contribution in [1.82, 2.24) is 0 Å². The molecule has 0 bridgehead atoms. The summed E-state index contributed by atoms with van der Waals surface area (Å²) in [4.78, 5) is 11.5. The van der Waals surface area contributed by atoms with Gasteiger partial charge in [0.05, 0.1) is 59.0 Å². The summed E-state index contributed by atoms with van der Waals surface area (Å²) in [5.74, 6) is 0.594. The number of esters is 1. The van der Waals surface area contributed by atoms with Gasteiger partial charge in [-0.05, 0) is 54.2 Å². The number of rotatable bonds is 24. The molecule has 0 spiro atoms. The molecule has 0 aliphatic rings. The average Bonchev–Trinajstić information content (AvgIpc) is 3.10. The average molecular weight is 671 g/mol. The fraction of sp³-hybridized carbons (Fsp3) is 0.564. The summed E-state index contributed by atoms with van der Waals surface area (Å²) < 4.78 is 38.8. The van der Waals surface area contributed by atoms with Gasteiger partial charge in [0.2, 0.25) is 0 Å².